The van der Waals surface area contributed by atoms with Gasteiger partial charge in [-0.05, 0) is 31.3 Å². The highest BCUT2D eigenvalue weighted by Crippen LogP contribution is 2.22. The van der Waals surface area contributed by atoms with Crippen LogP contribution in [0.2, 0.25) is 0 Å². The molecular weight excluding hydrogens is 230 g/mol. The maximum absolute atomic E-state index is 5.31. The Balaban J connectivity index is 2.43. The first-order chi connectivity index (χ1) is 8.27. The molecule has 3 aromatic rings. The predicted octanol–water partition coefficient (Wildman–Crippen LogP) is 3.39. The highest BCUT2D eigenvalue weighted by molar-refractivity contribution is 7.71. The van der Waals surface area contributed by atoms with Crippen LogP contribution in [-0.2, 0) is 0 Å². The zero-order valence-electron chi connectivity index (χ0n) is 9.34. The van der Waals surface area contributed by atoms with Crippen molar-refractivity contribution in [2.75, 3.05) is 0 Å². The number of aromatic amines is 1. The fourth-order valence-corrected chi connectivity index (χ4v) is 2.36. The van der Waals surface area contributed by atoms with Crippen molar-refractivity contribution in [3.05, 3.63) is 53.3 Å². The Bertz CT molecular complexity index is 734. The number of aromatic nitrogens is 3. The largest absolute Gasteiger partial charge is 0.337 e. The van der Waals surface area contributed by atoms with Crippen molar-refractivity contribution in [1.82, 2.24) is 14.5 Å². The predicted molar refractivity (Wildman–Crippen MR) is 71.0 cm³/mol. The summed E-state index contributed by atoms with van der Waals surface area (Å²) in [6, 6.07) is 8.16. The highest BCUT2D eigenvalue weighted by Gasteiger charge is 2.06. The van der Waals surface area contributed by atoms with Crippen molar-refractivity contribution in [3.8, 4) is 5.69 Å². The fourth-order valence-electron chi connectivity index (χ4n) is 2.06. The van der Waals surface area contributed by atoms with Crippen LogP contribution in [0.1, 0.15) is 5.69 Å². The minimum atomic E-state index is 0.715. The summed E-state index contributed by atoms with van der Waals surface area (Å²) >= 11 is 5.31. The van der Waals surface area contributed by atoms with Gasteiger partial charge < -0.3 is 4.98 Å². The van der Waals surface area contributed by atoms with Crippen molar-refractivity contribution in [1.29, 1.82) is 0 Å². The van der Waals surface area contributed by atoms with Gasteiger partial charge in [-0.2, -0.15) is 0 Å². The lowest BCUT2D eigenvalue weighted by atomic mass is 10.1. The third-order valence-corrected chi connectivity index (χ3v) is 3.16. The third-order valence-electron chi connectivity index (χ3n) is 2.86. The van der Waals surface area contributed by atoms with Crippen molar-refractivity contribution in [2.24, 2.45) is 0 Å². The first-order valence-electron chi connectivity index (χ1n) is 5.37. The number of benzene rings is 1. The molecule has 0 spiro atoms. The Morgan fingerprint density at radius 3 is 2.94 bits per heavy atom. The molecule has 17 heavy (non-hydrogen) atoms. The molecule has 2 heterocycles. The second-order valence-corrected chi connectivity index (χ2v) is 4.33. The maximum Gasteiger partial charge on any atom is 0.182 e. The molecule has 0 aliphatic carbocycles. The lowest BCUT2D eigenvalue weighted by Crippen LogP contribution is -1.97. The first kappa shape index (κ1) is 10.2. The van der Waals surface area contributed by atoms with Gasteiger partial charge in [-0.25, -0.2) is 0 Å². The Hall–Kier alpha value is -1.94. The summed E-state index contributed by atoms with van der Waals surface area (Å²) in [7, 11) is 0. The van der Waals surface area contributed by atoms with E-state index in [1.807, 2.05) is 36.0 Å². The van der Waals surface area contributed by atoms with E-state index in [-0.39, 0.29) is 0 Å². The molecule has 0 aliphatic heterocycles. The second kappa shape index (κ2) is 3.82. The molecule has 0 saturated carbocycles. The van der Waals surface area contributed by atoms with Gasteiger partial charge in [-0.1, -0.05) is 12.1 Å². The van der Waals surface area contributed by atoms with Crippen LogP contribution in [0.3, 0.4) is 0 Å². The van der Waals surface area contributed by atoms with E-state index in [9.17, 15) is 0 Å². The number of nitrogens with zero attached hydrogens (tertiary/aromatic N) is 2. The number of fused-ring (bicyclic) bond motifs is 1. The highest BCUT2D eigenvalue weighted by atomic mass is 32.1. The summed E-state index contributed by atoms with van der Waals surface area (Å²) in [5.41, 5.74) is 2.19. The van der Waals surface area contributed by atoms with E-state index < -0.39 is 0 Å². The van der Waals surface area contributed by atoms with Gasteiger partial charge in [0.1, 0.15) is 0 Å². The molecule has 0 atom stereocenters. The van der Waals surface area contributed by atoms with E-state index in [0.29, 0.717) is 4.77 Å². The number of hydrogen-bond donors (Lipinski definition) is 1. The Morgan fingerprint density at radius 2 is 2.18 bits per heavy atom. The van der Waals surface area contributed by atoms with Crippen molar-refractivity contribution >= 4 is 23.0 Å². The monoisotopic (exact) mass is 241 g/mol. The molecule has 84 valence electrons. The molecule has 0 radical (unpaired) electrons. The number of imidazole rings is 1. The molecule has 3 nitrogen and oxygen atoms in total. The SMILES string of the molecule is Cc1c[nH]c(=S)n1-c1cccc2cnccc12. The molecule has 0 aliphatic rings. The van der Waals surface area contributed by atoms with Crippen molar-refractivity contribution < 1.29 is 0 Å². The number of nitrogens with one attached hydrogen (secondary N) is 1. The summed E-state index contributed by atoms with van der Waals surface area (Å²) < 4.78 is 2.75. The van der Waals surface area contributed by atoms with E-state index in [4.69, 9.17) is 12.2 Å². The molecule has 1 aromatic carbocycles. The van der Waals surface area contributed by atoms with Crippen LogP contribution in [0.25, 0.3) is 16.5 Å². The van der Waals surface area contributed by atoms with E-state index in [0.717, 1.165) is 22.2 Å². The van der Waals surface area contributed by atoms with Crippen LogP contribution >= 0.6 is 12.2 Å². The van der Waals surface area contributed by atoms with Crippen LogP contribution in [0.15, 0.2) is 42.9 Å². The average molecular weight is 241 g/mol. The molecule has 0 saturated heterocycles. The standard InChI is InChI=1S/C13H11N3S/c1-9-7-15-13(17)16(9)12-4-2-3-10-8-14-6-5-11(10)12/h2-8H,1H3,(H,15,17). The normalized spacial score (nSPS) is 10.9. The minimum absolute atomic E-state index is 0.715. The number of aryl methyl sites for hydroxylation is 1. The van der Waals surface area contributed by atoms with Gasteiger partial charge in [0.05, 0.1) is 5.69 Å². The molecule has 0 bridgehead atoms. The van der Waals surface area contributed by atoms with Gasteiger partial charge in [-0.15, -0.1) is 0 Å². The van der Waals surface area contributed by atoms with Gasteiger partial charge in [-0.3, -0.25) is 9.55 Å². The summed E-state index contributed by atoms with van der Waals surface area (Å²) in [5.74, 6) is 0. The van der Waals surface area contributed by atoms with Gasteiger partial charge in [0, 0.05) is 35.1 Å². The number of hydrogen-bond acceptors (Lipinski definition) is 2. The van der Waals surface area contributed by atoms with Crippen LogP contribution < -0.4 is 0 Å². The van der Waals surface area contributed by atoms with Crippen LogP contribution in [0.5, 0.6) is 0 Å². The molecule has 1 N–H and O–H groups in total. The molecule has 4 heteroatoms. The number of rotatable bonds is 1. The van der Waals surface area contributed by atoms with E-state index in [2.05, 4.69) is 22.1 Å². The van der Waals surface area contributed by atoms with Gasteiger partial charge in [0.25, 0.3) is 0 Å². The summed E-state index contributed by atoms with van der Waals surface area (Å²) in [4.78, 5) is 7.20. The fraction of sp³-hybridized carbons (Fsp3) is 0.0769. The molecule has 2 aromatic heterocycles. The molecule has 0 unspecified atom stereocenters. The second-order valence-electron chi connectivity index (χ2n) is 3.94. The summed E-state index contributed by atoms with van der Waals surface area (Å²) in [6.07, 6.45) is 5.59. The zero-order valence-corrected chi connectivity index (χ0v) is 10.2. The lowest BCUT2D eigenvalue weighted by Gasteiger charge is -2.08. The number of pyridine rings is 1. The Labute approximate surface area is 104 Å². The van der Waals surface area contributed by atoms with Gasteiger partial charge in [0.15, 0.2) is 4.77 Å². The lowest BCUT2D eigenvalue weighted by molar-refractivity contribution is 0.994. The Kier molecular flexibility index (Phi) is 2.30. The average Bonchev–Trinajstić information content (AvgIpc) is 2.69. The molecule has 0 fully saturated rings. The minimum Gasteiger partial charge on any atom is -0.337 e. The molecular formula is C13H11N3S. The number of H-pyrrole nitrogens is 1. The first-order valence-corrected chi connectivity index (χ1v) is 5.78. The van der Waals surface area contributed by atoms with Gasteiger partial charge >= 0.3 is 0 Å². The van der Waals surface area contributed by atoms with Crippen molar-refractivity contribution in [3.63, 3.8) is 0 Å². The van der Waals surface area contributed by atoms with Crippen LogP contribution in [0.4, 0.5) is 0 Å². The maximum atomic E-state index is 5.31. The Morgan fingerprint density at radius 1 is 1.29 bits per heavy atom. The summed E-state index contributed by atoms with van der Waals surface area (Å²) in [5, 5.41) is 2.27. The van der Waals surface area contributed by atoms with Crippen LogP contribution in [-0.4, -0.2) is 14.5 Å². The van der Waals surface area contributed by atoms with Crippen molar-refractivity contribution in [2.45, 2.75) is 6.92 Å². The van der Waals surface area contributed by atoms with E-state index in [1.54, 1.807) is 6.20 Å². The van der Waals surface area contributed by atoms with Gasteiger partial charge in [0.2, 0.25) is 0 Å². The quantitative estimate of drug-likeness (QED) is 0.662. The topological polar surface area (TPSA) is 33.6 Å². The van der Waals surface area contributed by atoms with E-state index in [1.165, 1.54) is 0 Å². The smallest absolute Gasteiger partial charge is 0.182 e. The molecule has 0 amide bonds. The van der Waals surface area contributed by atoms with Crippen LogP contribution in [0, 0.1) is 11.7 Å². The van der Waals surface area contributed by atoms with E-state index >= 15 is 0 Å². The third kappa shape index (κ3) is 1.57. The molecule has 3 rings (SSSR count). The summed E-state index contributed by atoms with van der Waals surface area (Å²) in [6.45, 7) is 2.03. The zero-order chi connectivity index (χ0) is 11.8.